The molecule has 1 heterocycles. The maximum Gasteiger partial charge on any atom is 0.251 e. The van der Waals surface area contributed by atoms with Crippen molar-refractivity contribution in [3.8, 4) is 5.75 Å². The molecule has 0 aromatic heterocycles. The van der Waals surface area contributed by atoms with Crippen molar-refractivity contribution in [2.24, 2.45) is 0 Å². The third kappa shape index (κ3) is 5.09. The van der Waals surface area contributed by atoms with Gasteiger partial charge in [-0.2, -0.15) is 0 Å². The van der Waals surface area contributed by atoms with E-state index >= 15 is 0 Å². The summed E-state index contributed by atoms with van der Waals surface area (Å²) >= 11 is 0. The monoisotopic (exact) mass is 352 g/mol. The van der Waals surface area contributed by atoms with Gasteiger partial charge < -0.3 is 15.4 Å². The predicted molar refractivity (Wildman–Crippen MR) is 100 cm³/mol. The van der Waals surface area contributed by atoms with E-state index in [0.29, 0.717) is 31.6 Å². The van der Waals surface area contributed by atoms with Gasteiger partial charge in [-0.25, -0.2) is 0 Å². The number of hydrogen-bond acceptors (Lipinski definition) is 3. The highest BCUT2D eigenvalue weighted by molar-refractivity contribution is 5.94. The second-order valence-corrected chi connectivity index (χ2v) is 6.65. The molecular weight excluding hydrogens is 328 g/mol. The third-order valence-corrected chi connectivity index (χ3v) is 4.51. The minimum Gasteiger partial charge on any atom is -0.489 e. The Morgan fingerprint density at radius 2 is 1.85 bits per heavy atom. The van der Waals surface area contributed by atoms with Crippen molar-refractivity contribution in [2.75, 3.05) is 6.54 Å². The molecule has 5 nitrogen and oxygen atoms in total. The zero-order valence-electron chi connectivity index (χ0n) is 15.0. The van der Waals surface area contributed by atoms with Gasteiger partial charge in [-0.15, -0.1) is 0 Å². The average molecular weight is 352 g/mol. The van der Waals surface area contributed by atoms with Gasteiger partial charge in [0.25, 0.3) is 5.91 Å². The highest BCUT2D eigenvalue weighted by Crippen LogP contribution is 2.14. The summed E-state index contributed by atoms with van der Waals surface area (Å²) in [7, 11) is 0. The molecule has 2 N–H and O–H groups in total. The molecule has 5 heteroatoms. The normalized spacial score (nSPS) is 17.1. The van der Waals surface area contributed by atoms with Crippen LogP contribution in [-0.4, -0.2) is 24.4 Å². The molecule has 1 aliphatic heterocycles. The molecule has 1 atom stereocenters. The van der Waals surface area contributed by atoms with Crippen molar-refractivity contribution in [3.63, 3.8) is 0 Å². The van der Waals surface area contributed by atoms with Crippen molar-refractivity contribution in [3.05, 3.63) is 65.2 Å². The summed E-state index contributed by atoms with van der Waals surface area (Å²) < 4.78 is 5.75. The molecule has 2 amide bonds. The first kappa shape index (κ1) is 18.0. The van der Waals surface area contributed by atoms with Crippen LogP contribution in [0.4, 0.5) is 0 Å². The van der Waals surface area contributed by atoms with E-state index in [1.807, 2.05) is 55.5 Å². The number of ether oxygens (including phenoxy) is 1. The molecule has 1 unspecified atom stereocenters. The third-order valence-electron chi connectivity index (χ3n) is 4.51. The van der Waals surface area contributed by atoms with Crippen molar-refractivity contribution >= 4 is 11.8 Å². The molecule has 0 spiro atoms. The molecule has 0 radical (unpaired) electrons. The molecule has 26 heavy (non-hydrogen) atoms. The number of carbonyl (C=O) groups is 2. The van der Waals surface area contributed by atoms with E-state index in [2.05, 4.69) is 10.6 Å². The molecule has 0 bridgehead atoms. The molecule has 3 rings (SSSR count). The average Bonchev–Trinajstić information content (AvgIpc) is 2.86. The fourth-order valence-corrected chi connectivity index (χ4v) is 2.89. The molecular formula is C21H24N2O3. The number of hydrogen-bond donors (Lipinski definition) is 2. The first-order valence-electron chi connectivity index (χ1n) is 8.96. The van der Waals surface area contributed by atoms with E-state index in [4.69, 9.17) is 4.74 Å². The van der Waals surface area contributed by atoms with Crippen LogP contribution < -0.4 is 15.4 Å². The first-order chi connectivity index (χ1) is 12.6. The lowest BCUT2D eigenvalue weighted by molar-refractivity contribution is -0.120. The summed E-state index contributed by atoms with van der Waals surface area (Å²) in [4.78, 5) is 23.7. The van der Waals surface area contributed by atoms with Gasteiger partial charge in [-0.1, -0.05) is 29.8 Å². The van der Waals surface area contributed by atoms with Crippen LogP contribution in [0.15, 0.2) is 48.5 Å². The molecule has 2 aromatic rings. The highest BCUT2D eigenvalue weighted by Gasteiger charge is 2.18. The lowest BCUT2D eigenvalue weighted by Crippen LogP contribution is -2.35. The topological polar surface area (TPSA) is 67.4 Å². The van der Waals surface area contributed by atoms with E-state index in [0.717, 1.165) is 17.7 Å². The van der Waals surface area contributed by atoms with Gasteiger partial charge in [-0.05, 0) is 49.6 Å². The summed E-state index contributed by atoms with van der Waals surface area (Å²) in [5.41, 5.74) is 2.82. The molecule has 1 saturated heterocycles. The fraction of sp³-hybridized carbons (Fsp3) is 0.333. The zero-order chi connectivity index (χ0) is 18.4. The molecule has 0 aliphatic carbocycles. The predicted octanol–water partition coefficient (Wildman–Crippen LogP) is 2.97. The Kier molecular flexibility index (Phi) is 5.89. The van der Waals surface area contributed by atoms with E-state index < -0.39 is 0 Å². The Labute approximate surface area is 153 Å². The van der Waals surface area contributed by atoms with Crippen LogP contribution in [0.3, 0.4) is 0 Å². The Balaban J connectivity index is 1.52. The molecule has 1 fully saturated rings. The number of aryl methyl sites for hydroxylation is 1. The first-order valence-corrected chi connectivity index (χ1v) is 8.96. The van der Waals surface area contributed by atoms with Crippen LogP contribution in [0.2, 0.25) is 0 Å². The maximum absolute atomic E-state index is 12.4. The van der Waals surface area contributed by atoms with Gasteiger partial charge >= 0.3 is 0 Å². The van der Waals surface area contributed by atoms with Crippen molar-refractivity contribution in [1.29, 1.82) is 0 Å². The van der Waals surface area contributed by atoms with Crippen molar-refractivity contribution in [1.82, 2.24) is 10.6 Å². The van der Waals surface area contributed by atoms with E-state index in [9.17, 15) is 9.59 Å². The van der Waals surface area contributed by atoms with E-state index in [1.54, 1.807) is 0 Å². The van der Waals surface area contributed by atoms with Crippen LogP contribution >= 0.6 is 0 Å². The summed E-state index contributed by atoms with van der Waals surface area (Å²) in [5, 5.41) is 5.84. The smallest absolute Gasteiger partial charge is 0.251 e. The minimum absolute atomic E-state index is 0.0333. The molecule has 136 valence electrons. The van der Waals surface area contributed by atoms with Gasteiger partial charge in [0.05, 0.1) is 0 Å². The highest BCUT2D eigenvalue weighted by atomic mass is 16.5. The largest absolute Gasteiger partial charge is 0.489 e. The fourth-order valence-electron chi connectivity index (χ4n) is 2.89. The van der Waals surface area contributed by atoms with Gasteiger partial charge in [0.2, 0.25) is 5.91 Å². The Morgan fingerprint density at radius 1 is 1.12 bits per heavy atom. The SMILES string of the molecule is Cc1ccc(OCc2ccc(C(=O)NC3CCNC(=O)CC3)cc2)cc1. The van der Waals surface area contributed by atoms with Gasteiger partial charge in [-0.3, -0.25) is 9.59 Å². The second-order valence-electron chi connectivity index (χ2n) is 6.65. The number of rotatable bonds is 5. The lowest BCUT2D eigenvalue weighted by atomic mass is 10.1. The zero-order valence-corrected chi connectivity index (χ0v) is 15.0. The van der Waals surface area contributed by atoms with Crippen LogP contribution in [-0.2, 0) is 11.4 Å². The Morgan fingerprint density at radius 3 is 2.58 bits per heavy atom. The summed E-state index contributed by atoms with van der Waals surface area (Å²) in [6, 6.07) is 15.4. The number of benzene rings is 2. The van der Waals surface area contributed by atoms with E-state index in [1.165, 1.54) is 5.56 Å². The van der Waals surface area contributed by atoms with Crippen molar-refractivity contribution < 1.29 is 14.3 Å². The van der Waals surface area contributed by atoms with Crippen LogP contribution in [0, 0.1) is 6.92 Å². The summed E-state index contributed by atoms with van der Waals surface area (Å²) in [6.45, 7) is 3.11. The van der Waals surface area contributed by atoms with E-state index in [-0.39, 0.29) is 17.9 Å². The molecule has 0 saturated carbocycles. The van der Waals surface area contributed by atoms with Crippen molar-refractivity contribution in [2.45, 2.75) is 38.8 Å². The van der Waals surface area contributed by atoms with Gasteiger partial charge in [0, 0.05) is 24.6 Å². The molecule has 1 aliphatic rings. The quantitative estimate of drug-likeness (QED) is 0.869. The van der Waals surface area contributed by atoms with Crippen LogP contribution in [0.25, 0.3) is 0 Å². The number of amides is 2. The van der Waals surface area contributed by atoms with Gasteiger partial charge in [0.1, 0.15) is 12.4 Å². The Hall–Kier alpha value is -2.82. The lowest BCUT2D eigenvalue weighted by Gasteiger charge is -2.15. The number of nitrogens with one attached hydrogen (secondary N) is 2. The minimum atomic E-state index is -0.102. The second kappa shape index (κ2) is 8.52. The maximum atomic E-state index is 12.4. The summed E-state index contributed by atoms with van der Waals surface area (Å²) in [5.74, 6) is 0.781. The molecule has 2 aromatic carbocycles. The standard InChI is InChI=1S/C21H24N2O3/c1-15-2-9-19(10-3-15)26-14-16-4-6-17(7-5-16)21(25)23-18-8-11-20(24)22-13-12-18/h2-7,9-10,18H,8,11-14H2,1H3,(H,22,24)(H,23,25). The Bertz CT molecular complexity index is 754. The summed E-state index contributed by atoms with van der Waals surface area (Å²) in [6.07, 6.45) is 1.90. The number of carbonyl (C=O) groups excluding carboxylic acids is 2. The van der Waals surface area contributed by atoms with Crippen LogP contribution in [0.1, 0.15) is 40.7 Å². The van der Waals surface area contributed by atoms with Crippen LogP contribution in [0.5, 0.6) is 5.75 Å². The van der Waals surface area contributed by atoms with Gasteiger partial charge in [0.15, 0.2) is 0 Å².